The first-order valence-corrected chi connectivity index (χ1v) is 12.4. The van der Waals surface area contributed by atoms with E-state index in [2.05, 4.69) is 11.6 Å². The maximum absolute atomic E-state index is 12.8. The topological polar surface area (TPSA) is 102 Å². The number of benzene rings is 2. The summed E-state index contributed by atoms with van der Waals surface area (Å²) in [6.45, 7) is 3.10. The molecule has 8 nitrogen and oxygen atoms in total. The Morgan fingerprint density at radius 2 is 1.57 bits per heavy atom. The van der Waals surface area contributed by atoms with Crippen LogP contribution < -0.4 is 14.2 Å². The summed E-state index contributed by atoms with van der Waals surface area (Å²) in [4.78, 5) is 0.0578. The molecule has 2 aromatic rings. The SMILES string of the molecule is COc1ccc(OC)c(S(=O)(=O)Nc2ccc(S(=O)(=O)N3CCC(C)CC3)cc2)c1. The summed E-state index contributed by atoms with van der Waals surface area (Å²) in [7, 11) is -4.76. The first-order chi connectivity index (χ1) is 14.2. The fraction of sp³-hybridized carbons (Fsp3) is 0.400. The maximum atomic E-state index is 12.8. The highest BCUT2D eigenvalue weighted by molar-refractivity contribution is 7.92. The predicted molar refractivity (Wildman–Crippen MR) is 114 cm³/mol. The minimum absolute atomic E-state index is 0.0801. The second kappa shape index (κ2) is 8.83. The van der Waals surface area contributed by atoms with Gasteiger partial charge in [-0.25, -0.2) is 16.8 Å². The van der Waals surface area contributed by atoms with Crippen LogP contribution in [0.3, 0.4) is 0 Å². The van der Waals surface area contributed by atoms with Gasteiger partial charge in [-0.3, -0.25) is 4.72 Å². The zero-order chi connectivity index (χ0) is 21.9. The number of hydrogen-bond acceptors (Lipinski definition) is 6. The molecule has 1 saturated heterocycles. The number of rotatable bonds is 7. The molecule has 1 heterocycles. The standard InChI is InChI=1S/C20H26N2O6S2/c1-15-10-12-22(13-11-15)30(25,26)18-7-4-16(5-8-18)21-29(23,24)20-14-17(27-2)6-9-19(20)28-3/h4-9,14-15,21H,10-13H2,1-3H3. The molecule has 0 aliphatic carbocycles. The third-order valence-corrected chi connectivity index (χ3v) is 8.46. The van der Waals surface area contributed by atoms with Crippen molar-refractivity contribution in [1.82, 2.24) is 4.31 Å². The van der Waals surface area contributed by atoms with E-state index in [4.69, 9.17) is 9.47 Å². The fourth-order valence-electron chi connectivity index (χ4n) is 3.27. The average Bonchev–Trinajstić information content (AvgIpc) is 2.73. The van der Waals surface area contributed by atoms with Crippen molar-refractivity contribution in [2.24, 2.45) is 5.92 Å². The van der Waals surface area contributed by atoms with Crippen LogP contribution in [0.25, 0.3) is 0 Å². The number of hydrogen-bond donors (Lipinski definition) is 1. The molecular formula is C20H26N2O6S2. The van der Waals surface area contributed by atoms with Crippen LogP contribution in [0.5, 0.6) is 11.5 Å². The van der Waals surface area contributed by atoms with Gasteiger partial charge in [0.25, 0.3) is 10.0 Å². The molecule has 2 aromatic carbocycles. The fourth-order valence-corrected chi connectivity index (χ4v) is 5.99. The van der Waals surface area contributed by atoms with E-state index in [1.54, 1.807) is 6.07 Å². The minimum atomic E-state index is -3.98. The number of methoxy groups -OCH3 is 2. The normalized spacial score (nSPS) is 16.2. The van der Waals surface area contributed by atoms with Gasteiger partial charge in [0, 0.05) is 24.8 Å². The number of nitrogens with zero attached hydrogens (tertiary/aromatic N) is 1. The second-order valence-electron chi connectivity index (χ2n) is 7.23. The lowest BCUT2D eigenvalue weighted by Gasteiger charge is -2.29. The largest absolute Gasteiger partial charge is 0.497 e. The van der Waals surface area contributed by atoms with Gasteiger partial charge in [-0.05, 0) is 55.2 Å². The van der Waals surface area contributed by atoms with Crippen LogP contribution >= 0.6 is 0 Å². The van der Waals surface area contributed by atoms with Crippen molar-refractivity contribution >= 4 is 25.7 Å². The predicted octanol–water partition coefficient (Wildman–Crippen LogP) is 2.93. The van der Waals surface area contributed by atoms with Crippen LogP contribution in [0.15, 0.2) is 52.3 Å². The van der Waals surface area contributed by atoms with E-state index in [0.29, 0.717) is 24.8 Å². The van der Waals surface area contributed by atoms with Crippen LogP contribution in [0.4, 0.5) is 5.69 Å². The first kappa shape index (κ1) is 22.4. The van der Waals surface area contributed by atoms with Crippen molar-refractivity contribution in [3.05, 3.63) is 42.5 Å². The van der Waals surface area contributed by atoms with Crippen LogP contribution in [0, 0.1) is 5.92 Å². The summed E-state index contributed by atoms with van der Waals surface area (Å²) in [5.74, 6) is 1.05. The van der Waals surface area contributed by atoms with E-state index in [0.717, 1.165) is 12.8 Å². The molecule has 1 fully saturated rings. The molecule has 1 aliphatic heterocycles. The lowest BCUT2D eigenvalue weighted by molar-refractivity contribution is 0.288. The Balaban J connectivity index is 1.82. The summed E-state index contributed by atoms with van der Waals surface area (Å²) < 4.78 is 65.5. The van der Waals surface area contributed by atoms with Crippen molar-refractivity contribution in [3.63, 3.8) is 0 Å². The van der Waals surface area contributed by atoms with E-state index in [1.807, 2.05) is 0 Å². The molecule has 0 unspecified atom stereocenters. The molecule has 0 bridgehead atoms. The molecule has 1 N–H and O–H groups in total. The van der Waals surface area contributed by atoms with Gasteiger partial charge in [0.2, 0.25) is 10.0 Å². The van der Waals surface area contributed by atoms with E-state index < -0.39 is 20.0 Å². The molecule has 0 saturated carbocycles. The highest BCUT2D eigenvalue weighted by Crippen LogP contribution is 2.30. The van der Waals surface area contributed by atoms with Crippen molar-refractivity contribution in [2.75, 3.05) is 32.0 Å². The van der Waals surface area contributed by atoms with Crippen LogP contribution in [0.1, 0.15) is 19.8 Å². The zero-order valence-corrected chi connectivity index (χ0v) is 18.8. The van der Waals surface area contributed by atoms with Crippen molar-refractivity contribution < 1.29 is 26.3 Å². The van der Waals surface area contributed by atoms with E-state index in [1.165, 1.54) is 54.9 Å². The summed E-state index contributed by atoms with van der Waals surface area (Å²) in [6, 6.07) is 10.1. The lowest BCUT2D eigenvalue weighted by atomic mass is 10.0. The lowest BCUT2D eigenvalue weighted by Crippen LogP contribution is -2.37. The Labute approximate surface area is 177 Å². The Hall–Kier alpha value is -2.30. The van der Waals surface area contributed by atoms with Crippen molar-refractivity contribution in [1.29, 1.82) is 0 Å². The molecule has 3 rings (SSSR count). The highest BCUT2D eigenvalue weighted by atomic mass is 32.2. The van der Waals surface area contributed by atoms with Crippen LogP contribution in [-0.4, -0.2) is 48.4 Å². The van der Waals surface area contributed by atoms with Gasteiger partial charge in [0.15, 0.2) is 0 Å². The van der Waals surface area contributed by atoms with Gasteiger partial charge in [-0.1, -0.05) is 6.92 Å². The maximum Gasteiger partial charge on any atom is 0.265 e. The highest BCUT2D eigenvalue weighted by Gasteiger charge is 2.28. The Bertz CT molecular complexity index is 1090. The Kier molecular flexibility index (Phi) is 6.59. The molecule has 0 radical (unpaired) electrons. The third kappa shape index (κ3) is 4.71. The van der Waals surface area contributed by atoms with E-state index >= 15 is 0 Å². The molecule has 30 heavy (non-hydrogen) atoms. The molecule has 10 heteroatoms. The van der Waals surface area contributed by atoms with E-state index in [9.17, 15) is 16.8 Å². The van der Waals surface area contributed by atoms with Crippen molar-refractivity contribution in [3.8, 4) is 11.5 Å². The van der Waals surface area contributed by atoms with Gasteiger partial charge in [0.05, 0.1) is 19.1 Å². The Morgan fingerprint density at radius 3 is 2.13 bits per heavy atom. The summed E-state index contributed by atoms with van der Waals surface area (Å²) >= 11 is 0. The first-order valence-electron chi connectivity index (χ1n) is 9.52. The van der Waals surface area contributed by atoms with Gasteiger partial charge in [0.1, 0.15) is 16.4 Å². The summed E-state index contributed by atoms with van der Waals surface area (Å²) in [5, 5.41) is 0. The average molecular weight is 455 g/mol. The summed E-state index contributed by atoms with van der Waals surface area (Å²) in [6.07, 6.45) is 1.67. The zero-order valence-electron chi connectivity index (χ0n) is 17.2. The van der Waals surface area contributed by atoms with Gasteiger partial charge >= 0.3 is 0 Å². The molecular weight excluding hydrogens is 428 g/mol. The quantitative estimate of drug-likeness (QED) is 0.690. The molecule has 0 aromatic heterocycles. The Morgan fingerprint density at radius 1 is 0.933 bits per heavy atom. The smallest absolute Gasteiger partial charge is 0.265 e. The second-order valence-corrected chi connectivity index (χ2v) is 10.8. The number of nitrogens with one attached hydrogen (secondary N) is 1. The number of sulfonamides is 2. The van der Waals surface area contributed by atoms with Crippen molar-refractivity contribution in [2.45, 2.75) is 29.6 Å². The number of anilines is 1. The number of piperidine rings is 1. The van der Waals surface area contributed by atoms with E-state index in [-0.39, 0.29) is 21.2 Å². The monoisotopic (exact) mass is 454 g/mol. The molecule has 0 amide bonds. The van der Waals surface area contributed by atoms with Gasteiger partial charge in [-0.15, -0.1) is 0 Å². The third-order valence-electron chi connectivity index (χ3n) is 5.15. The van der Waals surface area contributed by atoms with Crippen LogP contribution in [0.2, 0.25) is 0 Å². The molecule has 1 aliphatic rings. The number of ether oxygens (including phenoxy) is 2. The van der Waals surface area contributed by atoms with Gasteiger partial charge < -0.3 is 9.47 Å². The van der Waals surface area contributed by atoms with Crippen LogP contribution in [-0.2, 0) is 20.0 Å². The van der Waals surface area contributed by atoms with Gasteiger partial charge in [-0.2, -0.15) is 4.31 Å². The molecule has 164 valence electrons. The summed E-state index contributed by atoms with van der Waals surface area (Å²) in [5.41, 5.74) is 0.242. The molecule has 0 spiro atoms. The molecule has 0 atom stereocenters. The minimum Gasteiger partial charge on any atom is -0.497 e.